The first-order chi connectivity index (χ1) is 13.2. The van der Waals surface area contributed by atoms with Crippen LogP contribution in [-0.4, -0.2) is 15.9 Å². The van der Waals surface area contributed by atoms with Gasteiger partial charge < -0.3 is 15.6 Å². The molecule has 0 unspecified atom stereocenters. The van der Waals surface area contributed by atoms with Gasteiger partial charge in [-0.25, -0.2) is 4.98 Å². The van der Waals surface area contributed by atoms with Crippen LogP contribution in [0.15, 0.2) is 73.1 Å². The van der Waals surface area contributed by atoms with Crippen LogP contribution >= 0.6 is 0 Å². The SMILES string of the molecule is Cc1cccc(Nc2ccc(NC(=O)Cc3c[nH]c4ccccc34)nc2)c1. The van der Waals surface area contributed by atoms with Crippen molar-refractivity contribution in [3.63, 3.8) is 0 Å². The van der Waals surface area contributed by atoms with Crippen molar-refractivity contribution in [2.45, 2.75) is 13.3 Å². The van der Waals surface area contributed by atoms with Gasteiger partial charge in [0, 0.05) is 22.8 Å². The summed E-state index contributed by atoms with van der Waals surface area (Å²) in [5, 5.41) is 7.22. The van der Waals surface area contributed by atoms with Crippen LogP contribution in [-0.2, 0) is 11.2 Å². The van der Waals surface area contributed by atoms with E-state index in [0.717, 1.165) is 27.8 Å². The number of rotatable bonds is 5. The fraction of sp³-hybridized carbons (Fsp3) is 0.0909. The van der Waals surface area contributed by atoms with E-state index < -0.39 is 0 Å². The number of nitrogens with zero attached hydrogens (tertiary/aromatic N) is 1. The van der Waals surface area contributed by atoms with Gasteiger partial charge in [-0.3, -0.25) is 4.79 Å². The topological polar surface area (TPSA) is 69.8 Å². The van der Waals surface area contributed by atoms with Crippen molar-refractivity contribution in [1.82, 2.24) is 9.97 Å². The first-order valence-electron chi connectivity index (χ1n) is 8.82. The highest BCUT2D eigenvalue weighted by Crippen LogP contribution is 2.20. The Bertz CT molecular complexity index is 1080. The number of carbonyl (C=O) groups is 1. The normalized spacial score (nSPS) is 10.7. The minimum absolute atomic E-state index is 0.0911. The fourth-order valence-electron chi connectivity index (χ4n) is 3.07. The molecule has 5 nitrogen and oxygen atoms in total. The lowest BCUT2D eigenvalue weighted by Crippen LogP contribution is -2.15. The zero-order chi connectivity index (χ0) is 18.6. The number of para-hydroxylation sites is 1. The molecule has 0 aliphatic carbocycles. The minimum Gasteiger partial charge on any atom is -0.361 e. The number of aryl methyl sites for hydroxylation is 1. The number of amides is 1. The summed E-state index contributed by atoms with van der Waals surface area (Å²) in [5.41, 5.74) is 5.07. The molecule has 2 heterocycles. The van der Waals surface area contributed by atoms with E-state index in [9.17, 15) is 4.79 Å². The van der Waals surface area contributed by atoms with E-state index in [1.54, 1.807) is 12.3 Å². The molecule has 0 aliphatic heterocycles. The number of anilines is 3. The molecule has 2 aromatic heterocycles. The quantitative estimate of drug-likeness (QED) is 0.481. The predicted octanol–water partition coefficient (Wildman–Crippen LogP) is 4.80. The third kappa shape index (κ3) is 3.98. The summed E-state index contributed by atoms with van der Waals surface area (Å²) in [4.78, 5) is 19.9. The minimum atomic E-state index is -0.0911. The molecule has 4 aromatic rings. The van der Waals surface area contributed by atoms with Gasteiger partial charge in [-0.1, -0.05) is 30.3 Å². The Morgan fingerprint density at radius 1 is 1.04 bits per heavy atom. The number of benzene rings is 2. The summed E-state index contributed by atoms with van der Waals surface area (Å²) in [6.45, 7) is 2.05. The number of aromatic amines is 1. The molecule has 5 heteroatoms. The van der Waals surface area contributed by atoms with Crippen molar-refractivity contribution in [2.75, 3.05) is 10.6 Å². The molecule has 3 N–H and O–H groups in total. The highest BCUT2D eigenvalue weighted by atomic mass is 16.1. The van der Waals surface area contributed by atoms with Gasteiger partial charge in [0.2, 0.25) is 5.91 Å². The Morgan fingerprint density at radius 2 is 1.93 bits per heavy atom. The Balaban J connectivity index is 1.40. The van der Waals surface area contributed by atoms with E-state index in [4.69, 9.17) is 0 Å². The second-order valence-electron chi connectivity index (χ2n) is 6.51. The first-order valence-corrected chi connectivity index (χ1v) is 8.82. The average Bonchev–Trinajstić information content (AvgIpc) is 3.06. The molecular formula is C22H20N4O. The zero-order valence-corrected chi connectivity index (χ0v) is 15.0. The number of carbonyl (C=O) groups excluding carboxylic acids is 1. The van der Waals surface area contributed by atoms with Gasteiger partial charge in [0.25, 0.3) is 0 Å². The Hall–Kier alpha value is -3.60. The van der Waals surface area contributed by atoms with E-state index in [2.05, 4.69) is 39.7 Å². The number of hydrogen-bond donors (Lipinski definition) is 3. The van der Waals surface area contributed by atoms with Gasteiger partial charge >= 0.3 is 0 Å². The smallest absolute Gasteiger partial charge is 0.230 e. The van der Waals surface area contributed by atoms with Gasteiger partial charge in [-0.05, 0) is 48.4 Å². The zero-order valence-electron chi connectivity index (χ0n) is 15.0. The second kappa shape index (κ2) is 7.33. The molecule has 0 fully saturated rings. The van der Waals surface area contributed by atoms with E-state index in [0.29, 0.717) is 12.2 Å². The van der Waals surface area contributed by atoms with Crippen molar-refractivity contribution in [2.24, 2.45) is 0 Å². The number of hydrogen-bond acceptors (Lipinski definition) is 3. The van der Waals surface area contributed by atoms with Crippen molar-refractivity contribution in [1.29, 1.82) is 0 Å². The van der Waals surface area contributed by atoms with Crippen LogP contribution in [0.3, 0.4) is 0 Å². The number of pyridine rings is 1. The van der Waals surface area contributed by atoms with E-state index in [-0.39, 0.29) is 5.91 Å². The molecule has 2 aromatic carbocycles. The summed E-state index contributed by atoms with van der Waals surface area (Å²) >= 11 is 0. The second-order valence-corrected chi connectivity index (χ2v) is 6.51. The average molecular weight is 356 g/mol. The number of aromatic nitrogens is 2. The van der Waals surface area contributed by atoms with Gasteiger partial charge in [0.1, 0.15) is 5.82 Å². The number of fused-ring (bicyclic) bond motifs is 1. The standard InChI is InChI=1S/C22H20N4O/c1-15-5-4-6-17(11-15)25-18-9-10-21(24-14-18)26-22(27)12-16-13-23-20-8-3-2-7-19(16)20/h2-11,13-14,23,25H,12H2,1H3,(H,24,26,27). The summed E-state index contributed by atoms with van der Waals surface area (Å²) in [6, 6.07) is 19.8. The predicted molar refractivity (Wildman–Crippen MR) is 109 cm³/mol. The van der Waals surface area contributed by atoms with Crippen LogP contribution in [0.1, 0.15) is 11.1 Å². The van der Waals surface area contributed by atoms with Crippen LogP contribution in [0.4, 0.5) is 17.2 Å². The molecule has 0 radical (unpaired) electrons. The molecule has 0 atom stereocenters. The third-order valence-electron chi connectivity index (χ3n) is 4.36. The van der Waals surface area contributed by atoms with Crippen molar-refractivity contribution in [3.8, 4) is 0 Å². The molecule has 0 spiro atoms. The molecule has 0 bridgehead atoms. The Kier molecular flexibility index (Phi) is 4.58. The Morgan fingerprint density at radius 3 is 2.74 bits per heavy atom. The van der Waals surface area contributed by atoms with E-state index in [1.165, 1.54) is 5.56 Å². The third-order valence-corrected chi connectivity index (χ3v) is 4.36. The lowest BCUT2D eigenvalue weighted by atomic mass is 10.1. The summed E-state index contributed by atoms with van der Waals surface area (Å²) in [5.74, 6) is 0.446. The maximum absolute atomic E-state index is 12.4. The lowest BCUT2D eigenvalue weighted by Gasteiger charge is -2.08. The van der Waals surface area contributed by atoms with Crippen LogP contribution < -0.4 is 10.6 Å². The van der Waals surface area contributed by atoms with Crippen molar-refractivity contribution >= 4 is 34.0 Å². The molecular weight excluding hydrogens is 336 g/mol. The molecule has 0 saturated carbocycles. The largest absolute Gasteiger partial charge is 0.361 e. The van der Waals surface area contributed by atoms with Crippen LogP contribution in [0, 0.1) is 6.92 Å². The van der Waals surface area contributed by atoms with Gasteiger partial charge in [0.05, 0.1) is 18.3 Å². The van der Waals surface area contributed by atoms with Crippen molar-refractivity contribution < 1.29 is 4.79 Å². The molecule has 4 rings (SSSR count). The molecule has 1 amide bonds. The van der Waals surface area contributed by atoms with E-state index >= 15 is 0 Å². The number of H-pyrrole nitrogens is 1. The first kappa shape index (κ1) is 16.8. The maximum Gasteiger partial charge on any atom is 0.230 e. The van der Waals surface area contributed by atoms with Gasteiger partial charge in [0.15, 0.2) is 0 Å². The maximum atomic E-state index is 12.4. The Labute approximate surface area is 157 Å². The van der Waals surface area contributed by atoms with Gasteiger partial charge in [-0.15, -0.1) is 0 Å². The van der Waals surface area contributed by atoms with Gasteiger partial charge in [-0.2, -0.15) is 0 Å². The van der Waals surface area contributed by atoms with Crippen LogP contribution in [0.25, 0.3) is 10.9 Å². The van der Waals surface area contributed by atoms with Crippen molar-refractivity contribution in [3.05, 3.63) is 84.2 Å². The summed E-state index contributed by atoms with van der Waals surface area (Å²) < 4.78 is 0. The molecule has 134 valence electrons. The van der Waals surface area contributed by atoms with E-state index in [1.807, 2.05) is 48.7 Å². The molecule has 27 heavy (non-hydrogen) atoms. The summed E-state index contributed by atoms with van der Waals surface area (Å²) in [6.07, 6.45) is 3.89. The highest BCUT2D eigenvalue weighted by Gasteiger charge is 2.09. The molecule has 0 aliphatic rings. The lowest BCUT2D eigenvalue weighted by molar-refractivity contribution is -0.115. The fourth-order valence-corrected chi connectivity index (χ4v) is 3.07. The number of nitrogens with one attached hydrogen (secondary N) is 3. The molecule has 0 saturated heterocycles. The van der Waals surface area contributed by atoms with Crippen LogP contribution in [0.5, 0.6) is 0 Å². The summed E-state index contributed by atoms with van der Waals surface area (Å²) in [7, 11) is 0. The highest BCUT2D eigenvalue weighted by molar-refractivity contribution is 5.95. The monoisotopic (exact) mass is 356 g/mol. The van der Waals surface area contributed by atoms with Crippen LogP contribution in [0.2, 0.25) is 0 Å².